The van der Waals surface area contributed by atoms with E-state index in [1.54, 1.807) is 6.21 Å². The Labute approximate surface area is 61.0 Å². The molecule has 0 heterocycles. The van der Waals surface area contributed by atoms with Crippen LogP contribution in [0.5, 0.6) is 0 Å². The van der Waals surface area contributed by atoms with Crippen LogP contribution < -0.4 is 11.2 Å². The first-order chi connectivity index (χ1) is 4.66. The van der Waals surface area contributed by atoms with Crippen LogP contribution in [-0.2, 0) is 0 Å². The molecule has 4 nitrogen and oxygen atoms in total. The van der Waals surface area contributed by atoms with Gasteiger partial charge >= 0.3 is 0 Å². The van der Waals surface area contributed by atoms with Crippen molar-refractivity contribution in [2.24, 2.45) is 16.8 Å². The fourth-order valence-electron chi connectivity index (χ4n) is 0.339. The molecule has 58 valence electrons. The summed E-state index contributed by atoms with van der Waals surface area (Å²) in [6, 6.07) is 0. The van der Waals surface area contributed by atoms with Crippen LogP contribution in [0.3, 0.4) is 0 Å². The van der Waals surface area contributed by atoms with Crippen LogP contribution in [0.15, 0.2) is 5.10 Å². The third-order valence-electron chi connectivity index (χ3n) is 1.16. The Morgan fingerprint density at radius 3 is 2.90 bits per heavy atom. The maximum atomic E-state index is 6.75. The van der Waals surface area contributed by atoms with Gasteiger partial charge in [-0.1, -0.05) is 13.8 Å². The molecule has 0 amide bonds. The van der Waals surface area contributed by atoms with Gasteiger partial charge < -0.3 is 5.73 Å². The molecule has 4 heteroatoms. The summed E-state index contributed by atoms with van der Waals surface area (Å²) in [4.78, 5) is 0. The van der Waals surface area contributed by atoms with Crippen LogP contribution >= 0.6 is 0 Å². The van der Waals surface area contributed by atoms with E-state index in [9.17, 15) is 0 Å². The number of hydrogen-bond donors (Lipinski definition) is 3. The van der Waals surface area contributed by atoms with Crippen molar-refractivity contribution in [2.45, 2.75) is 20.3 Å². The number of rotatable bonds is 3. The fourth-order valence-corrected chi connectivity index (χ4v) is 0.339. The Balaban J connectivity index is 3.45. The minimum absolute atomic E-state index is 0.125. The summed E-state index contributed by atoms with van der Waals surface area (Å²) >= 11 is 0. The van der Waals surface area contributed by atoms with E-state index in [2.05, 4.69) is 17.5 Å². The van der Waals surface area contributed by atoms with Gasteiger partial charge in [0.25, 0.3) is 0 Å². The third-order valence-corrected chi connectivity index (χ3v) is 1.16. The topological polar surface area (TPSA) is 74.3 Å². The van der Waals surface area contributed by atoms with E-state index >= 15 is 0 Å². The summed E-state index contributed by atoms with van der Waals surface area (Å²) in [5.74, 6) is 0.311. The first-order valence-electron chi connectivity index (χ1n) is 3.30. The number of hydrazone groups is 1. The Morgan fingerprint density at radius 2 is 2.50 bits per heavy atom. The van der Waals surface area contributed by atoms with Gasteiger partial charge in [0.2, 0.25) is 5.96 Å². The summed E-state index contributed by atoms with van der Waals surface area (Å²) in [7, 11) is 0. The number of nitrogens with two attached hydrogens (primary N) is 1. The molecule has 0 aliphatic rings. The lowest BCUT2D eigenvalue weighted by Crippen LogP contribution is -2.25. The van der Waals surface area contributed by atoms with Gasteiger partial charge in [0.05, 0.1) is 0 Å². The average molecular weight is 142 g/mol. The van der Waals surface area contributed by atoms with E-state index in [-0.39, 0.29) is 5.96 Å². The van der Waals surface area contributed by atoms with Crippen molar-refractivity contribution in [1.29, 1.82) is 5.41 Å². The molecule has 0 aliphatic carbocycles. The number of nitrogens with one attached hydrogen (secondary N) is 2. The molecule has 0 spiro atoms. The van der Waals surface area contributed by atoms with Gasteiger partial charge in [-0.15, -0.1) is 0 Å². The van der Waals surface area contributed by atoms with E-state index in [1.807, 2.05) is 6.92 Å². The zero-order chi connectivity index (χ0) is 7.98. The summed E-state index contributed by atoms with van der Waals surface area (Å²) < 4.78 is 0. The molecule has 1 atom stereocenters. The van der Waals surface area contributed by atoms with Crippen molar-refractivity contribution in [3.8, 4) is 0 Å². The molecule has 0 aliphatic heterocycles. The normalized spacial score (nSPS) is 13.4. The van der Waals surface area contributed by atoms with Gasteiger partial charge in [0.1, 0.15) is 0 Å². The number of hydrogen-bond acceptors (Lipinski definition) is 2. The second-order valence-corrected chi connectivity index (χ2v) is 2.19. The average Bonchev–Trinajstić information content (AvgIpc) is 1.87. The van der Waals surface area contributed by atoms with Crippen LogP contribution in [0.1, 0.15) is 20.3 Å². The van der Waals surface area contributed by atoms with Crippen LogP contribution in [0.25, 0.3) is 0 Å². The van der Waals surface area contributed by atoms with E-state index in [0.29, 0.717) is 5.92 Å². The molecule has 0 fully saturated rings. The largest absolute Gasteiger partial charge is 0.369 e. The van der Waals surface area contributed by atoms with Crippen LogP contribution in [-0.4, -0.2) is 12.2 Å². The molecule has 0 radical (unpaired) electrons. The van der Waals surface area contributed by atoms with Crippen molar-refractivity contribution in [3.63, 3.8) is 0 Å². The highest BCUT2D eigenvalue weighted by Gasteiger charge is 1.90. The van der Waals surface area contributed by atoms with Gasteiger partial charge in [0.15, 0.2) is 0 Å². The Morgan fingerprint density at radius 1 is 1.90 bits per heavy atom. The van der Waals surface area contributed by atoms with Crippen molar-refractivity contribution >= 4 is 12.2 Å². The zero-order valence-corrected chi connectivity index (χ0v) is 6.39. The summed E-state index contributed by atoms with van der Waals surface area (Å²) in [5, 5.41) is 10.5. The Bertz CT molecular complexity index is 130. The van der Waals surface area contributed by atoms with E-state index < -0.39 is 0 Å². The maximum absolute atomic E-state index is 6.75. The van der Waals surface area contributed by atoms with E-state index in [0.717, 1.165) is 6.42 Å². The molecule has 0 aromatic carbocycles. The quantitative estimate of drug-likeness (QED) is 0.305. The molecule has 0 rings (SSSR count). The summed E-state index contributed by atoms with van der Waals surface area (Å²) in [6.07, 6.45) is 2.78. The number of nitrogens with zero attached hydrogens (tertiary/aromatic N) is 1. The first kappa shape index (κ1) is 8.94. The second-order valence-electron chi connectivity index (χ2n) is 2.19. The van der Waals surface area contributed by atoms with Crippen LogP contribution in [0, 0.1) is 11.3 Å². The Kier molecular flexibility index (Phi) is 4.28. The van der Waals surface area contributed by atoms with Crippen LogP contribution in [0.2, 0.25) is 0 Å². The molecule has 0 aromatic heterocycles. The molecule has 0 saturated heterocycles. The molecule has 0 aromatic rings. The highest BCUT2D eigenvalue weighted by molar-refractivity contribution is 5.75. The van der Waals surface area contributed by atoms with Gasteiger partial charge in [-0.3, -0.25) is 5.41 Å². The summed E-state index contributed by atoms with van der Waals surface area (Å²) in [5.41, 5.74) is 7.32. The molecular weight excluding hydrogens is 128 g/mol. The molecule has 0 saturated carbocycles. The van der Waals surface area contributed by atoms with Gasteiger partial charge in [-0.25, -0.2) is 5.43 Å². The third kappa shape index (κ3) is 5.08. The second kappa shape index (κ2) is 4.78. The van der Waals surface area contributed by atoms with E-state index in [4.69, 9.17) is 11.1 Å². The lowest BCUT2D eigenvalue weighted by molar-refractivity contribution is 0.747. The lowest BCUT2D eigenvalue weighted by Gasteiger charge is -1.98. The van der Waals surface area contributed by atoms with E-state index in [1.165, 1.54) is 0 Å². The lowest BCUT2D eigenvalue weighted by atomic mass is 10.1. The maximum Gasteiger partial charge on any atom is 0.206 e. The van der Waals surface area contributed by atoms with Crippen LogP contribution in [0.4, 0.5) is 0 Å². The smallest absolute Gasteiger partial charge is 0.206 e. The standard InChI is InChI=1S/C6H14N4/c1-3-5(2)4-9-10-6(7)8/h4-5H,3H2,1-2H3,(H4,7,8,10)/b9-4+. The molecule has 10 heavy (non-hydrogen) atoms. The molecule has 0 bridgehead atoms. The molecule has 1 unspecified atom stereocenters. The summed E-state index contributed by atoms with van der Waals surface area (Å²) in [6.45, 7) is 4.12. The van der Waals surface area contributed by atoms with Gasteiger partial charge in [-0.05, 0) is 12.3 Å². The monoisotopic (exact) mass is 142 g/mol. The predicted octanol–water partition coefficient (Wildman–Crippen LogP) is 0.501. The molecular formula is C6H14N4. The van der Waals surface area contributed by atoms with Crippen molar-refractivity contribution in [2.75, 3.05) is 0 Å². The SMILES string of the molecule is CCC(C)/C=N/NC(=N)N. The highest BCUT2D eigenvalue weighted by Crippen LogP contribution is 1.93. The fraction of sp³-hybridized carbons (Fsp3) is 0.667. The van der Waals surface area contributed by atoms with Crippen molar-refractivity contribution in [1.82, 2.24) is 5.43 Å². The Hall–Kier alpha value is -1.06. The van der Waals surface area contributed by atoms with Crippen molar-refractivity contribution < 1.29 is 0 Å². The van der Waals surface area contributed by atoms with Gasteiger partial charge in [-0.2, -0.15) is 5.10 Å². The number of guanidine groups is 1. The first-order valence-corrected chi connectivity index (χ1v) is 3.30. The zero-order valence-electron chi connectivity index (χ0n) is 6.39. The minimum atomic E-state index is -0.125. The highest BCUT2D eigenvalue weighted by atomic mass is 15.3. The minimum Gasteiger partial charge on any atom is -0.369 e. The van der Waals surface area contributed by atoms with Crippen molar-refractivity contribution in [3.05, 3.63) is 0 Å². The van der Waals surface area contributed by atoms with Gasteiger partial charge in [0, 0.05) is 6.21 Å². The predicted molar refractivity (Wildman–Crippen MR) is 43.0 cm³/mol. The molecule has 4 N–H and O–H groups in total.